The summed E-state index contributed by atoms with van der Waals surface area (Å²) in [6.45, 7) is 8.38. The summed E-state index contributed by atoms with van der Waals surface area (Å²) in [5, 5.41) is 1.09. The van der Waals surface area contributed by atoms with Crippen LogP contribution in [-0.4, -0.2) is 48.3 Å². The van der Waals surface area contributed by atoms with Gasteiger partial charge >= 0.3 is 6.09 Å². The maximum absolute atomic E-state index is 12.2. The second-order valence-corrected chi connectivity index (χ2v) is 8.79. The molecule has 136 valence electrons. The maximum atomic E-state index is 12.2. The molecule has 1 fully saturated rings. The largest absolute Gasteiger partial charge is 0.444 e. The van der Waals surface area contributed by atoms with Crippen molar-refractivity contribution < 1.29 is 9.53 Å². The Morgan fingerprint density at radius 1 is 1.40 bits per heavy atom. The zero-order valence-electron chi connectivity index (χ0n) is 15.5. The number of thiazole rings is 1. The van der Waals surface area contributed by atoms with Gasteiger partial charge in [0.2, 0.25) is 0 Å². The molecule has 3 rings (SSSR count). The average molecular weight is 362 g/mol. The van der Waals surface area contributed by atoms with Gasteiger partial charge in [0, 0.05) is 26.7 Å². The van der Waals surface area contributed by atoms with Crippen molar-refractivity contribution in [1.29, 1.82) is 0 Å². The monoisotopic (exact) mass is 361 g/mol. The van der Waals surface area contributed by atoms with Gasteiger partial charge in [0.1, 0.15) is 5.60 Å². The highest BCUT2D eigenvalue weighted by Gasteiger charge is 2.26. The van der Waals surface area contributed by atoms with Gasteiger partial charge in [0.25, 0.3) is 0 Å². The van der Waals surface area contributed by atoms with Crippen LogP contribution in [0.4, 0.5) is 9.93 Å². The van der Waals surface area contributed by atoms with Crippen LogP contribution in [0.5, 0.6) is 0 Å². The first-order valence-electron chi connectivity index (χ1n) is 8.86. The number of hydrogen-bond acceptors (Lipinski definition) is 5. The first kappa shape index (κ1) is 18.0. The molecule has 1 saturated heterocycles. The van der Waals surface area contributed by atoms with Gasteiger partial charge in [0.05, 0.1) is 10.2 Å². The third-order valence-electron chi connectivity index (χ3n) is 4.31. The molecular formula is C19H27N3O2S. The minimum Gasteiger partial charge on any atom is -0.444 e. The van der Waals surface area contributed by atoms with E-state index in [0.717, 1.165) is 43.1 Å². The molecule has 0 spiro atoms. The second-order valence-electron chi connectivity index (χ2n) is 7.78. The molecule has 2 heterocycles. The molecule has 1 atom stereocenters. The van der Waals surface area contributed by atoms with Crippen molar-refractivity contribution in [3.8, 4) is 0 Å². The Morgan fingerprint density at radius 3 is 2.88 bits per heavy atom. The van der Waals surface area contributed by atoms with Crippen LogP contribution in [0, 0.1) is 5.92 Å². The van der Waals surface area contributed by atoms with E-state index in [1.165, 1.54) is 4.70 Å². The lowest BCUT2D eigenvalue weighted by atomic mass is 9.98. The minimum absolute atomic E-state index is 0.246. The van der Waals surface area contributed by atoms with E-state index < -0.39 is 5.60 Å². The van der Waals surface area contributed by atoms with Crippen molar-refractivity contribution in [2.75, 3.05) is 31.6 Å². The second kappa shape index (κ2) is 7.20. The van der Waals surface area contributed by atoms with Crippen LogP contribution in [0.25, 0.3) is 10.2 Å². The molecule has 2 aromatic rings. The number of hydrogen-bond donors (Lipinski definition) is 0. The predicted molar refractivity (Wildman–Crippen MR) is 103 cm³/mol. The van der Waals surface area contributed by atoms with Gasteiger partial charge in [-0.25, -0.2) is 9.78 Å². The van der Waals surface area contributed by atoms with Crippen molar-refractivity contribution in [3.05, 3.63) is 24.3 Å². The molecule has 0 N–H and O–H groups in total. The minimum atomic E-state index is -0.453. The molecule has 1 aromatic carbocycles. The summed E-state index contributed by atoms with van der Waals surface area (Å²) in [5.74, 6) is 0.443. The Hall–Kier alpha value is -1.82. The summed E-state index contributed by atoms with van der Waals surface area (Å²) < 4.78 is 6.68. The molecule has 25 heavy (non-hydrogen) atoms. The third kappa shape index (κ3) is 4.63. The number of amides is 1. The van der Waals surface area contributed by atoms with Crippen molar-refractivity contribution in [1.82, 2.24) is 9.88 Å². The molecule has 0 radical (unpaired) electrons. The lowest BCUT2D eigenvalue weighted by molar-refractivity contribution is 0.0269. The van der Waals surface area contributed by atoms with Gasteiger partial charge in [-0.2, -0.15) is 0 Å². The molecule has 1 aliphatic heterocycles. The number of anilines is 1. The van der Waals surface area contributed by atoms with Crippen LogP contribution in [0.1, 0.15) is 33.6 Å². The van der Waals surface area contributed by atoms with E-state index in [-0.39, 0.29) is 6.09 Å². The van der Waals surface area contributed by atoms with Crippen LogP contribution in [-0.2, 0) is 4.74 Å². The first-order valence-corrected chi connectivity index (χ1v) is 9.68. The summed E-state index contributed by atoms with van der Waals surface area (Å²) in [4.78, 5) is 21.0. The quantitative estimate of drug-likeness (QED) is 0.814. The van der Waals surface area contributed by atoms with Gasteiger partial charge in [-0.3, -0.25) is 0 Å². The average Bonchev–Trinajstić information content (AvgIpc) is 2.97. The SMILES string of the molecule is CN(C[C@@H]1CCCN(c2nc3ccccc3s2)C1)C(=O)OC(C)(C)C. The van der Waals surface area contributed by atoms with Crippen molar-refractivity contribution in [3.63, 3.8) is 0 Å². The molecule has 1 aliphatic rings. The number of ether oxygens (including phenoxy) is 1. The van der Waals surface area contributed by atoms with E-state index in [4.69, 9.17) is 9.72 Å². The predicted octanol–water partition coefficient (Wildman–Crippen LogP) is 4.38. The van der Waals surface area contributed by atoms with Crippen molar-refractivity contribution in [2.24, 2.45) is 5.92 Å². The Balaban J connectivity index is 1.62. The van der Waals surface area contributed by atoms with E-state index in [0.29, 0.717) is 5.92 Å². The third-order valence-corrected chi connectivity index (χ3v) is 5.41. The standard InChI is InChI=1S/C19H27N3O2S/c1-19(2,3)24-18(23)21(4)12-14-8-7-11-22(13-14)17-20-15-9-5-6-10-16(15)25-17/h5-6,9-10,14H,7-8,11-13H2,1-4H3/t14-/m0/s1. The topological polar surface area (TPSA) is 45.7 Å². The van der Waals surface area contributed by atoms with Crippen LogP contribution in [0.3, 0.4) is 0 Å². The molecule has 6 heteroatoms. The lowest BCUT2D eigenvalue weighted by Gasteiger charge is -2.35. The van der Waals surface area contributed by atoms with Crippen LogP contribution in [0.15, 0.2) is 24.3 Å². The maximum Gasteiger partial charge on any atom is 0.410 e. The summed E-state index contributed by atoms with van der Waals surface area (Å²) in [6, 6.07) is 8.26. The fraction of sp³-hybridized carbons (Fsp3) is 0.579. The number of carbonyl (C=O) groups excluding carboxylic acids is 1. The number of rotatable bonds is 3. The molecule has 1 amide bonds. The van der Waals surface area contributed by atoms with Crippen molar-refractivity contribution in [2.45, 2.75) is 39.2 Å². The van der Waals surface area contributed by atoms with Crippen LogP contribution >= 0.6 is 11.3 Å². The van der Waals surface area contributed by atoms with Gasteiger partial charge in [-0.05, 0) is 51.7 Å². The summed E-state index contributed by atoms with van der Waals surface area (Å²) >= 11 is 1.75. The molecule has 0 saturated carbocycles. The Kier molecular flexibility index (Phi) is 5.18. The van der Waals surface area contributed by atoms with Crippen LogP contribution in [0.2, 0.25) is 0 Å². The van der Waals surface area contributed by atoms with Gasteiger partial charge in [0.15, 0.2) is 5.13 Å². The van der Waals surface area contributed by atoms with E-state index in [1.54, 1.807) is 16.2 Å². The molecular weight excluding hydrogens is 334 g/mol. The highest BCUT2D eigenvalue weighted by Crippen LogP contribution is 2.31. The van der Waals surface area contributed by atoms with E-state index >= 15 is 0 Å². The normalized spacial score (nSPS) is 18.4. The van der Waals surface area contributed by atoms with E-state index in [2.05, 4.69) is 23.1 Å². The van der Waals surface area contributed by atoms with Gasteiger partial charge in [-0.15, -0.1) is 0 Å². The highest BCUT2D eigenvalue weighted by molar-refractivity contribution is 7.22. The number of fused-ring (bicyclic) bond motifs is 1. The van der Waals surface area contributed by atoms with Gasteiger partial charge in [-0.1, -0.05) is 23.5 Å². The number of nitrogens with zero attached hydrogens (tertiary/aromatic N) is 3. The molecule has 0 unspecified atom stereocenters. The smallest absolute Gasteiger partial charge is 0.410 e. The summed E-state index contributed by atoms with van der Waals surface area (Å²) in [5.41, 5.74) is 0.612. The Bertz CT molecular complexity index is 705. The number of benzene rings is 1. The first-order chi connectivity index (χ1) is 11.8. The lowest BCUT2D eigenvalue weighted by Crippen LogP contribution is -2.43. The van der Waals surface area contributed by atoms with E-state index in [1.807, 2.05) is 33.9 Å². The Morgan fingerprint density at radius 2 is 2.16 bits per heavy atom. The zero-order chi connectivity index (χ0) is 18.0. The molecule has 0 aliphatic carbocycles. The highest BCUT2D eigenvalue weighted by atomic mass is 32.1. The van der Waals surface area contributed by atoms with Crippen molar-refractivity contribution >= 4 is 32.8 Å². The molecule has 5 nitrogen and oxygen atoms in total. The summed E-state index contributed by atoms with van der Waals surface area (Å²) in [6.07, 6.45) is 2.02. The van der Waals surface area contributed by atoms with E-state index in [9.17, 15) is 4.79 Å². The fourth-order valence-corrected chi connectivity index (χ4v) is 4.19. The van der Waals surface area contributed by atoms with Crippen LogP contribution < -0.4 is 4.90 Å². The number of piperidine rings is 1. The molecule has 1 aromatic heterocycles. The summed E-state index contributed by atoms with van der Waals surface area (Å²) in [7, 11) is 1.82. The van der Waals surface area contributed by atoms with Gasteiger partial charge < -0.3 is 14.5 Å². The number of carbonyl (C=O) groups is 1. The fourth-order valence-electron chi connectivity index (χ4n) is 3.18. The molecule has 0 bridgehead atoms. The number of aromatic nitrogens is 1. The number of para-hydroxylation sites is 1. The Labute approximate surface area is 153 Å². The zero-order valence-corrected chi connectivity index (χ0v) is 16.3.